The summed E-state index contributed by atoms with van der Waals surface area (Å²) in [5, 5.41) is 7.59. The Bertz CT molecular complexity index is 2240. The second-order valence-electron chi connectivity index (χ2n) is 11.9. The molecule has 0 N–H and O–H groups in total. The van der Waals surface area contributed by atoms with E-state index in [1.54, 1.807) is 48.5 Å². The van der Waals surface area contributed by atoms with Crippen LogP contribution in [0.25, 0.3) is 43.1 Å². The average Bonchev–Trinajstić information content (AvgIpc) is 3.00. The van der Waals surface area contributed by atoms with Crippen molar-refractivity contribution in [1.29, 1.82) is 0 Å². The molecule has 0 fully saturated rings. The van der Waals surface area contributed by atoms with Gasteiger partial charge in [0.2, 0.25) is 0 Å². The van der Waals surface area contributed by atoms with E-state index < -0.39 is 10.5 Å². The van der Waals surface area contributed by atoms with Gasteiger partial charge in [-0.15, -0.1) is 0 Å². The van der Waals surface area contributed by atoms with Crippen LogP contribution in [0.2, 0.25) is 0 Å². The minimum absolute atomic E-state index is 0.162. The van der Waals surface area contributed by atoms with E-state index in [9.17, 15) is 9.59 Å². The summed E-state index contributed by atoms with van der Waals surface area (Å²) in [4.78, 5) is 23.4. The molecule has 0 unspecified atom stereocenters. The van der Waals surface area contributed by atoms with E-state index >= 15 is 0 Å². The Labute approximate surface area is 264 Å². The second-order valence-corrected chi connectivity index (χ2v) is 12.6. The van der Waals surface area contributed by atoms with E-state index in [-0.39, 0.29) is 5.41 Å². The van der Waals surface area contributed by atoms with Gasteiger partial charge in [-0.05, 0) is 121 Å². The molecule has 216 valence electrons. The Kier molecular flexibility index (Phi) is 6.73. The maximum absolute atomic E-state index is 11.7. The lowest BCUT2D eigenvalue weighted by Crippen LogP contribution is -2.12. The van der Waals surface area contributed by atoms with Crippen molar-refractivity contribution in [2.45, 2.75) is 26.2 Å². The number of carbonyl (C=O) groups is 2. The highest BCUT2D eigenvalue weighted by Crippen LogP contribution is 2.51. The Morgan fingerprint density at radius 3 is 1.68 bits per heavy atom. The van der Waals surface area contributed by atoms with Gasteiger partial charge in [0, 0.05) is 21.9 Å². The summed E-state index contributed by atoms with van der Waals surface area (Å²) < 4.78 is 13.3. The number of hydrogen-bond acceptors (Lipinski definition) is 4. The van der Waals surface area contributed by atoms with Crippen LogP contribution in [0.5, 0.6) is 23.0 Å². The van der Waals surface area contributed by atoms with Gasteiger partial charge in [0.1, 0.15) is 11.5 Å². The van der Waals surface area contributed by atoms with Crippen LogP contribution in [-0.4, -0.2) is 10.5 Å². The zero-order valence-electron chi connectivity index (χ0n) is 24.2. The van der Waals surface area contributed by atoms with Crippen LogP contribution in [0.15, 0.2) is 103 Å². The highest BCUT2D eigenvalue weighted by atomic mass is 35.5. The maximum atomic E-state index is 11.7. The molecule has 0 atom stereocenters. The molecule has 0 saturated carbocycles. The molecule has 7 aromatic carbocycles. The summed E-state index contributed by atoms with van der Waals surface area (Å²) in [6.07, 6.45) is 0. The molecule has 0 aliphatic heterocycles. The van der Waals surface area contributed by atoms with Crippen LogP contribution in [0, 0.1) is 0 Å². The highest BCUT2D eigenvalue weighted by Gasteiger charge is 2.26. The SMILES string of the molecule is CC(C)(C)c1ccc2c3cccc4cccc(c5c(Oc6ccc(C(=O)Cl)cc6)c(Oc6ccc(C(=O)Cl)cc6)cc1c25)c43. The van der Waals surface area contributed by atoms with Crippen molar-refractivity contribution in [3.63, 3.8) is 0 Å². The first-order chi connectivity index (χ1) is 21.1. The Hall–Kier alpha value is -4.64. The summed E-state index contributed by atoms with van der Waals surface area (Å²) in [6.45, 7) is 6.61. The topological polar surface area (TPSA) is 52.6 Å². The van der Waals surface area contributed by atoms with Gasteiger partial charge in [-0.1, -0.05) is 69.3 Å². The zero-order valence-corrected chi connectivity index (χ0v) is 25.7. The fraction of sp³-hybridized carbons (Fsp3) is 0.105. The molecule has 7 aromatic rings. The van der Waals surface area contributed by atoms with Crippen LogP contribution < -0.4 is 9.47 Å². The van der Waals surface area contributed by atoms with Gasteiger partial charge in [-0.3, -0.25) is 9.59 Å². The predicted molar refractivity (Wildman–Crippen MR) is 180 cm³/mol. The van der Waals surface area contributed by atoms with Crippen LogP contribution in [-0.2, 0) is 5.41 Å². The predicted octanol–water partition coefficient (Wildman–Crippen LogP) is 11.4. The van der Waals surface area contributed by atoms with Gasteiger partial charge in [0.15, 0.2) is 11.5 Å². The molecule has 7 rings (SSSR count). The van der Waals surface area contributed by atoms with E-state index in [2.05, 4.69) is 69.3 Å². The molecule has 44 heavy (non-hydrogen) atoms. The summed E-state index contributed by atoms with van der Waals surface area (Å²) >= 11 is 11.4. The van der Waals surface area contributed by atoms with Gasteiger partial charge in [-0.25, -0.2) is 0 Å². The summed E-state index contributed by atoms with van der Waals surface area (Å²) in [6, 6.07) is 32.6. The molecule has 0 heterocycles. The molecule has 0 amide bonds. The molecular weight excluding hydrogens is 591 g/mol. The van der Waals surface area contributed by atoms with E-state index in [4.69, 9.17) is 32.7 Å². The molecule has 0 bridgehead atoms. The quantitative estimate of drug-likeness (QED) is 0.106. The van der Waals surface area contributed by atoms with E-state index in [1.807, 2.05) is 6.07 Å². The zero-order chi connectivity index (χ0) is 30.7. The number of halogens is 2. The number of rotatable bonds is 6. The van der Waals surface area contributed by atoms with Crippen molar-refractivity contribution in [1.82, 2.24) is 0 Å². The lowest BCUT2D eigenvalue weighted by Gasteiger charge is -2.26. The normalized spacial score (nSPS) is 11.9. The largest absolute Gasteiger partial charge is 0.453 e. The summed E-state index contributed by atoms with van der Waals surface area (Å²) in [5.74, 6) is 2.09. The smallest absolute Gasteiger partial charge is 0.252 e. The van der Waals surface area contributed by atoms with Crippen molar-refractivity contribution < 1.29 is 19.1 Å². The minimum atomic E-state index is -0.539. The Morgan fingerprint density at radius 1 is 0.568 bits per heavy atom. The number of carbonyl (C=O) groups excluding carboxylic acids is 2. The monoisotopic (exact) mass is 616 g/mol. The van der Waals surface area contributed by atoms with Crippen LogP contribution in [0.4, 0.5) is 0 Å². The van der Waals surface area contributed by atoms with Gasteiger partial charge in [-0.2, -0.15) is 0 Å². The third-order valence-corrected chi connectivity index (χ3v) is 8.54. The average molecular weight is 618 g/mol. The van der Waals surface area contributed by atoms with Crippen molar-refractivity contribution in [2.24, 2.45) is 0 Å². The van der Waals surface area contributed by atoms with Gasteiger partial charge < -0.3 is 9.47 Å². The lowest BCUT2D eigenvalue weighted by atomic mass is 9.80. The highest BCUT2D eigenvalue weighted by molar-refractivity contribution is 6.68. The molecular formula is C38H26Cl2O4. The molecule has 0 saturated heterocycles. The first-order valence-electron chi connectivity index (χ1n) is 14.2. The van der Waals surface area contributed by atoms with Gasteiger partial charge >= 0.3 is 0 Å². The first kappa shape index (κ1) is 28.1. The second kappa shape index (κ2) is 10.5. The van der Waals surface area contributed by atoms with E-state index in [0.717, 1.165) is 37.7 Å². The van der Waals surface area contributed by atoms with Gasteiger partial charge in [0.05, 0.1) is 0 Å². The molecule has 0 radical (unpaired) electrons. The molecule has 0 aromatic heterocycles. The third kappa shape index (κ3) is 4.71. The van der Waals surface area contributed by atoms with Crippen molar-refractivity contribution in [3.05, 3.63) is 120 Å². The summed E-state index contributed by atoms with van der Waals surface area (Å²) in [7, 11) is 0. The number of benzene rings is 7. The van der Waals surface area contributed by atoms with Crippen molar-refractivity contribution in [3.8, 4) is 23.0 Å². The molecule has 0 aliphatic rings. The lowest BCUT2D eigenvalue weighted by molar-refractivity contribution is 0.107. The minimum Gasteiger partial charge on any atom is -0.453 e. The molecule has 0 aliphatic carbocycles. The fourth-order valence-corrected chi connectivity index (χ4v) is 6.36. The first-order valence-corrected chi connectivity index (χ1v) is 15.0. The van der Waals surface area contributed by atoms with E-state index in [0.29, 0.717) is 34.1 Å². The standard InChI is InChI=1S/C38H26Cl2O4/c1-38(2,3)30-19-18-27-26-8-4-6-21-7-5-9-28(32(21)26)34-33(27)29(30)20-31(43-24-14-10-22(11-15-24)36(39)41)35(34)44-25-16-12-23(13-17-25)37(40)42/h4-20H,1-3H3. The van der Waals surface area contributed by atoms with Crippen LogP contribution in [0.1, 0.15) is 47.1 Å². The van der Waals surface area contributed by atoms with Crippen LogP contribution >= 0.6 is 23.2 Å². The molecule has 6 heteroatoms. The fourth-order valence-electron chi connectivity index (χ4n) is 6.11. The summed E-state index contributed by atoms with van der Waals surface area (Å²) in [5.41, 5.74) is 1.76. The maximum Gasteiger partial charge on any atom is 0.252 e. The molecule has 4 nitrogen and oxygen atoms in total. The van der Waals surface area contributed by atoms with E-state index in [1.165, 1.54) is 10.9 Å². The van der Waals surface area contributed by atoms with Crippen molar-refractivity contribution >= 4 is 76.8 Å². The third-order valence-electron chi connectivity index (χ3n) is 8.10. The van der Waals surface area contributed by atoms with Crippen LogP contribution in [0.3, 0.4) is 0 Å². The van der Waals surface area contributed by atoms with Crippen molar-refractivity contribution in [2.75, 3.05) is 0 Å². The Morgan fingerprint density at radius 2 is 1.11 bits per heavy atom. The number of hydrogen-bond donors (Lipinski definition) is 0. The van der Waals surface area contributed by atoms with Gasteiger partial charge in [0.25, 0.3) is 10.5 Å². The Balaban J connectivity index is 1.60. The molecule has 0 spiro atoms. The number of ether oxygens (including phenoxy) is 2. The number of fused-ring (bicyclic) bond motifs is 2.